The molecule has 1 aromatic carbocycles. The minimum atomic E-state index is -0.997. The highest BCUT2D eigenvalue weighted by molar-refractivity contribution is 7.16. The van der Waals surface area contributed by atoms with E-state index in [9.17, 15) is 14.0 Å². The zero-order chi connectivity index (χ0) is 24.1. The molecule has 9 heteroatoms. The molecule has 1 N–H and O–H groups in total. The lowest BCUT2D eigenvalue weighted by Gasteiger charge is -2.28. The van der Waals surface area contributed by atoms with E-state index in [1.54, 1.807) is 26.0 Å². The number of thiazole rings is 1. The van der Waals surface area contributed by atoms with Gasteiger partial charge in [-0.05, 0) is 56.9 Å². The predicted molar refractivity (Wildman–Crippen MR) is 130 cm³/mol. The fraction of sp³-hybridized carbons (Fsp3) is 0.560. The molecule has 0 atom stereocenters. The van der Waals surface area contributed by atoms with Crippen molar-refractivity contribution in [2.45, 2.75) is 45.1 Å². The molecule has 4 rings (SSSR count). The third-order valence-corrected chi connectivity index (χ3v) is 7.46. The number of amides is 1. The first-order valence-electron chi connectivity index (χ1n) is 11.8. The third-order valence-electron chi connectivity index (χ3n) is 6.35. The van der Waals surface area contributed by atoms with Gasteiger partial charge >= 0.3 is 0 Å². The molecule has 0 bridgehead atoms. The van der Waals surface area contributed by atoms with Gasteiger partial charge < -0.3 is 19.7 Å². The highest BCUT2D eigenvalue weighted by atomic mass is 32.1. The average molecular weight is 490 g/mol. The van der Waals surface area contributed by atoms with Crippen LogP contribution in [0.25, 0.3) is 11.3 Å². The van der Waals surface area contributed by atoms with Gasteiger partial charge in [-0.25, -0.2) is 9.37 Å². The fourth-order valence-corrected chi connectivity index (χ4v) is 5.38. The number of carbonyl (C=O) groups is 2. The Balaban J connectivity index is 1.47. The van der Waals surface area contributed by atoms with E-state index < -0.39 is 5.54 Å². The van der Waals surface area contributed by atoms with Crippen LogP contribution in [-0.4, -0.2) is 61.7 Å². The van der Waals surface area contributed by atoms with Crippen molar-refractivity contribution in [3.63, 3.8) is 0 Å². The van der Waals surface area contributed by atoms with Gasteiger partial charge in [0, 0.05) is 38.3 Å². The number of Topliss-reactive ketones (excluding diaryl/α,β-unsaturated/α-hetero) is 1. The number of morpholine rings is 1. The molecule has 2 saturated heterocycles. The Morgan fingerprint density at radius 1 is 1.12 bits per heavy atom. The number of ether oxygens (including phenoxy) is 2. The van der Waals surface area contributed by atoms with Gasteiger partial charge in [0.1, 0.15) is 21.5 Å². The molecule has 1 amide bonds. The molecule has 2 aliphatic heterocycles. The van der Waals surface area contributed by atoms with Crippen LogP contribution in [0.2, 0.25) is 0 Å². The van der Waals surface area contributed by atoms with E-state index >= 15 is 0 Å². The van der Waals surface area contributed by atoms with Crippen molar-refractivity contribution >= 4 is 28.0 Å². The first kappa shape index (κ1) is 24.8. The zero-order valence-electron chi connectivity index (χ0n) is 19.8. The summed E-state index contributed by atoms with van der Waals surface area (Å²) in [5, 5.41) is 4.56. The SMILES string of the molecule is CC(C)(NC(=O)CC1CCOCC1)C(=O)Cc1nc(-c2ccc(F)cc2)c(N2CCOCC2)s1. The van der Waals surface area contributed by atoms with E-state index in [1.165, 1.54) is 23.5 Å². The molecule has 2 aliphatic rings. The summed E-state index contributed by atoms with van der Waals surface area (Å²) in [5.41, 5.74) is 0.557. The van der Waals surface area contributed by atoms with Crippen molar-refractivity contribution in [2.24, 2.45) is 5.92 Å². The molecule has 2 aromatic rings. The highest BCUT2D eigenvalue weighted by Gasteiger charge is 2.32. The van der Waals surface area contributed by atoms with Crippen LogP contribution in [0.4, 0.5) is 9.39 Å². The second-order valence-electron chi connectivity index (χ2n) is 9.40. The maximum Gasteiger partial charge on any atom is 0.221 e. The number of hydrogen-bond acceptors (Lipinski definition) is 7. The van der Waals surface area contributed by atoms with Gasteiger partial charge in [0.2, 0.25) is 5.91 Å². The third kappa shape index (κ3) is 6.20. The van der Waals surface area contributed by atoms with Gasteiger partial charge in [-0.15, -0.1) is 11.3 Å². The summed E-state index contributed by atoms with van der Waals surface area (Å²) in [7, 11) is 0. The molecule has 0 spiro atoms. The van der Waals surface area contributed by atoms with Crippen molar-refractivity contribution in [1.29, 1.82) is 0 Å². The van der Waals surface area contributed by atoms with Crippen molar-refractivity contribution < 1.29 is 23.5 Å². The van der Waals surface area contributed by atoms with Crippen LogP contribution >= 0.6 is 11.3 Å². The van der Waals surface area contributed by atoms with E-state index in [0.717, 1.165) is 42.2 Å². The Morgan fingerprint density at radius 3 is 2.44 bits per heavy atom. The summed E-state index contributed by atoms with van der Waals surface area (Å²) in [6, 6.07) is 6.25. The number of rotatable bonds is 8. The quantitative estimate of drug-likeness (QED) is 0.610. The number of hydrogen-bond donors (Lipinski definition) is 1. The first-order valence-corrected chi connectivity index (χ1v) is 12.6. The zero-order valence-corrected chi connectivity index (χ0v) is 20.6. The normalized spacial score (nSPS) is 17.6. The van der Waals surface area contributed by atoms with Crippen LogP contribution in [0.15, 0.2) is 24.3 Å². The van der Waals surface area contributed by atoms with Gasteiger partial charge in [-0.1, -0.05) is 0 Å². The Labute approximate surface area is 203 Å². The highest BCUT2D eigenvalue weighted by Crippen LogP contribution is 2.37. The molecule has 0 aliphatic carbocycles. The minimum Gasteiger partial charge on any atom is -0.381 e. The molecule has 1 aromatic heterocycles. The van der Waals surface area contributed by atoms with Gasteiger partial charge in [-0.2, -0.15) is 0 Å². The number of aromatic nitrogens is 1. The Morgan fingerprint density at radius 2 is 1.76 bits per heavy atom. The Kier molecular flexibility index (Phi) is 7.95. The Hall–Kier alpha value is -2.36. The van der Waals surface area contributed by atoms with Crippen molar-refractivity contribution in [3.8, 4) is 11.3 Å². The topological polar surface area (TPSA) is 80.8 Å². The van der Waals surface area contributed by atoms with E-state index in [1.807, 2.05) is 0 Å². The van der Waals surface area contributed by atoms with Gasteiger partial charge in [0.15, 0.2) is 5.78 Å². The second kappa shape index (κ2) is 10.9. The van der Waals surface area contributed by atoms with E-state index in [4.69, 9.17) is 14.5 Å². The molecular weight excluding hydrogens is 457 g/mol. The second-order valence-corrected chi connectivity index (χ2v) is 10.5. The summed E-state index contributed by atoms with van der Waals surface area (Å²) in [6.07, 6.45) is 2.27. The van der Waals surface area contributed by atoms with Crippen LogP contribution in [0.5, 0.6) is 0 Å². The van der Waals surface area contributed by atoms with Gasteiger partial charge in [-0.3, -0.25) is 9.59 Å². The monoisotopic (exact) mass is 489 g/mol. The van der Waals surface area contributed by atoms with Crippen LogP contribution in [0.1, 0.15) is 38.1 Å². The maximum absolute atomic E-state index is 13.5. The van der Waals surface area contributed by atoms with Crippen molar-refractivity contribution in [2.75, 3.05) is 44.4 Å². The Bertz CT molecular complexity index is 996. The molecule has 34 heavy (non-hydrogen) atoms. The van der Waals surface area contributed by atoms with E-state index in [-0.39, 0.29) is 23.9 Å². The summed E-state index contributed by atoms with van der Waals surface area (Å²) in [5.74, 6) is -0.209. The van der Waals surface area contributed by atoms with E-state index in [0.29, 0.717) is 43.8 Å². The number of ketones is 1. The molecule has 7 nitrogen and oxygen atoms in total. The summed E-state index contributed by atoms with van der Waals surface area (Å²) in [4.78, 5) is 32.8. The van der Waals surface area contributed by atoms with Gasteiger partial charge in [0.25, 0.3) is 0 Å². The van der Waals surface area contributed by atoms with Crippen molar-refractivity contribution in [1.82, 2.24) is 10.3 Å². The molecule has 0 unspecified atom stereocenters. The lowest BCUT2D eigenvalue weighted by atomic mass is 9.93. The van der Waals surface area contributed by atoms with Crippen LogP contribution in [0, 0.1) is 11.7 Å². The van der Waals surface area contributed by atoms with Crippen LogP contribution < -0.4 is 10.2 Å². The standard InChI is InChI=1S/C25H32FN3O4S/c1-25(2,28-21(31)15-17-7-11-32-12-8-17)20(30)16-22-27-23(18-3-5-19(26)6-4-18)24(34-22)29-9-13-33-14-10-29/h3-6,17H,7-16H2,1-2H3,(H,28,31). The number of halogens is 1. The average Bonchev–Trinajstić information content (AvgIpc) is 3.24. The molecule has 0 saturated carbocycles. The summed E-state index contributed by atoms with van der Waals surface area (Å²) < 4.78 is 24.3. The van der Waals surface area contributed by atoms with E-state index in [2.05, 4.69) is 10.2 Å². The number of nitrogens with zero attached hydrogens (tertiary/aromatic N) is 2. The molecule has 3 heterocycles. The number of benzene rings is 1. The maximum atomic E-state index is 13.5. The predicted octanol–water partition coefficient (Wildman–Crippen LogP) is 3.61. The largest absolute Gasteiger partial charge is 0.381 e. The number of carbonyl (C=O) groups excluding carboxylic acids is 2. The molecule has 2 fully saturated rings. The smallest absolute Gasteiger partial charge is 0.221 e. The molecule has 184 valence electrons. The van der Waals surface area contributed by atoms with Gasteiger partial charge in [0.05, 0.1) is 25.2 Å². The van der Waals surface area contributed by atoms with Crippen LogP contribution in [0.3, 0.4) is 0 Å². The number of nitrogens with one attached hydrogen (secondary N) is 1. The summed E-state index contributed by atoms with van der Waals surface area (Å²) >= 11 is 1.47. The fourth-order valence-electron chi connectivity index (χ4n) is 4.25. The molecule has 0 radical (unpaired) electrons. The minimum absolute atomic E-state index is 0.0965. The summed E-state index contributed by atoms with van der Waals surface area (Å²) in [6.45, 7) is 7.58. The number of anilines is 1. The van der Waals surface area contributed by atoms with Crippen LogP contribution in [-0.2, 0) is 25.5 Å². The lowest BCUT2D eigenvalue weighted by Crippen LogP contribution is -2.50. The molecular formula is C25H32FN3O4S. The van der Waals surface area contributed by atoms with Crippen molar-refractivity contribution in [3.05, 3.63) is 35.1 Å². The first-order chi connectivity index (χ1) is 16.3. The lowest BCUT2D eigenvalue weighted by molar-refractivity contribution is -0.131.